The summed E-state index contributed by atoms with van der Waals surface area (Å²) in [6.07, 6.45) is 14.5. The molecule has 0 aliphatic rings. The van der Waals surface area contributed by atoms with Crippen LogP contribution < -0.4 is 0 Å². The third-order valence-corrected chi connectivity index (χ3v) is 5.25. The van der Waals surface area contributed by atoms with E-state index in [1.165, 1.54) is 44.9 Å². The Kier molecular flexibility index (Phi) is 19.8. The zero-order valence-electron chi connectivity index (χ0n) is 19.2. The van der Waals surface area contributed by atoms with Crippen LogP contribution in [0, 0.1) is 0 Å². The predicted molar refractivity (Wildman–Crippen MR) is 121 cm³/mol. The molecule has 0 saturated carbocycles. The van der Waals surface area contributed by atoms with Crippen LogP contribution in [-0.2, 0) is 14.3 Å². The summed E-state index contributed by atoms with van der Waals surface area (Å²) in [5.74, 6) is -1.45. The maximum Gasteiger partial charge on any atom is 0.306 e. The van der Waals surface area contributed by atoms with Crippen molar-refractivity contribution in [2.45, 2.75) is 115 Å². The van der Waals surface area contributed by atoms with E-state index in [0.29, 0.717) is 6.42 Å². The number of unbranched alkanes of at least 4 members (excludes halogenated alkanes) is 11. The molecular formula is C24H44O7. The lowest BCUT2D eigenvalue weighted by Gasteiger charge is -2.20. The largest absolute Gasteiger partial charge is 0.458 e. The van der Waals surface area contributed by atoms with Crippen LogP contribution in [0.25, 0.3) is 0 Å². The Balaban J connectivity index is 3.56. The number of esters is 1. The molecule has 4 N–H and O–H groups in total. The zero-order valence-corrected chi connectivity index (χ0v) is 19.2. The van der Waals surface area contributed by atoms with Crippen LogP contribution in [-0.4, -0.2) is 63.7 Å². The number of aliphatic hydroxyl groups excluding tert-OH is 4. The first-order valence-corrected chi connectivity index (χ1v) is 11.9. The fourth-order valence-corrected chi connectivity index (χ4v) is 3.16. The summed E-state index contributed by atoms with van der Waals surface area (Å²) in [6, 6.07) is 0. The highest BCUT2D eigenvalue weighted by Crippen LogP contribution is 2.10. The van der Waals surface area contributed by atoms with E-state index < -0.39 is 43.3 Å². The molecule has 31 heavy (non-hydrogen) atoms. The summed E-state index contributed by atoms with van der Waals surface area (Å²) in [4.78, 5) is 23.3. The number of hydrogen-bond donors (Lipinski definition) is 4. The van der Waals surface area contributed by atoms with Crippen LogP contribution in [0.15, 0.2) is 12.2 Å². The minimum Gasteiger partial charge on any atom is -0.458 e. The Hall–Kier alpha value is -1.28. The molecular weight excluding hydrogens is 400 g/mol. The minimum absolute atomic E-state index is 0.198. The highest BCUT2D eigenvalue weighted by molar-refractivity contribution is 5.86. The van der Waals surface area contributed by atoms with E-state index in [4.69, 9.17) is 9.84 Å². The summed E-state index contributed by atoms with van der Waals surface area (Å²) in [6.45, 7) is 0.778. The monoisotopic (exact) mass is 444 g/mol. The number of aliphatic hydroxyl groups is 4. The molecule has 0 fully saturated rings. The molecule has 0 aliphatic carbocycles. The molecule has 0 bridgehead atoms. The van der Waals surface area contributed by atoms with Gasteiger partial charge in [0.15, 0.2) is 6.61 Å². The average Bonchev–Trinajstić information content (AvgIpc) is 2.78. The molecule has 0 radical (unpaired) electrons. The van der Waals surface area contributed by atoms with Gasteiger partial charge < -0.3 is 25.2 Å². The second-order valence-corrected chi connectivity index (χ2v) is 8.15. The van der Waals surface area contributed by atoms with Gasteiger partial charge in [-0.05, 0) is 32.1 Å². The third kappa shape index (κ3) is 17.0. The Morgan fingerprint density at radius 1 is 0.806 bits per heavy atom. The van der Waals surface area contributed by atoms with Gasteiger partial charge in [-0.2, -0.15) is 0 Å². The molecule has 0 heterocycles. The zero-order chi connectivity index (χ0) is 23.3. The van der Waals surface area contributed by atoms with Gasteiger partial charge in [0.1, 0.15) is 18.3 Å². The number of rotatable bonds is 21. The number of hydrogen-bond acceptors (Lipinski definition) is 7. The van der Waals surface area contributed by atoms with Gasteiger partial charge in [-0.25, -0.2) is 0 Å². The molecule has 7 heteroatoms. The number of carbonyl (C=O) groups is 2. The summed E-state index contributed by atoms with van der Waals surface area (Å²) < 4.78 is 4.79. The minimum atomic E-state index is -1.91. The number of carbonyl (C=O) groups excluding carboxylic acids is 2. The molecule has 0 amide bonds. The number of ether oxygens (including phenoxy) is 1. The van der Waals surface area contributed by atoms with E-state index in [2.05, 4.69) is 19.1 Å². The van der Waals surface area contributed by atoms with Crippen molar-refractivity contribution in [3.8, 4) is 0 Å². The van der Waals surface area contributed by atoms with Crippen LogP contribution in [0.2, 0.25) is 0 Å². The molecule has 0 rings (SSSR count). The Morgan fingerprint density at radius 2 is 1.32 bits per heavy atom. The molecule has 0 spiro atoms. The lowest BCUT2D eigenvalue weighted by Crippen LogP contribution is -2.45. The van der Waals surface area contributed by atoms with Crippen molar-refractivity contribution in [3.05, 3.63) is 12.2 Å². The molecule has 3 atom stereocenters. The Bertz CT molecular complexity index is 479. The van der Waals surface area contributed by atoms with Crippen molar-refractivity contribution in [1.82, 2.24) is 0 Å². The van der Waals surface area contributed by atoms with E-state index in [9.17, 15) is 24.9 Å². The average molecular weight is 445 g/mol. The maximum atomic E-state index is 11.6. The number of ketones is 1. The van der Waals surface area contributed by atoms with E-state index in [1.807, 2.05) is 0 Å². The molecule has 0 aliphatic heterocycles. The van der Waals surface area contributed by atoms with E-state index in [1.54, 1.807) is 0 Å². The van der Waals surface area contributed by atoms with Gasteiger partial charge in [0.2, 0.25) is 5.78 Å². The smallest absolute Gasteiger partial charge is 0.306 e. The Morgan fingerprint density at radius 3 is 1.87 bits per heavy atom. The van der Waals surface area contributed by atoms with Crippen LogP contribution in [0.1, 0.15) is 96.8 Å². The summed E-state index contributed by atoms with van der Waals surface area (Å²) in [5, 5.41) is 36.9. The SMILES string of the molecule is CCCCCCCC/C=C\CCCCCCCC(=O)OCC(=O)[C@@H](O)[C@H](O)[C@H](O)CO. The normalized spacial score (nSPS) is 14.5. The number of Topliss-reactive ketones (excluding diaryl/α,β-unsaturated/α-hetero) is 1. The van der Waals surface area contributed by atoms with Gasteiger partial charge in [-0.3, -0.25) is 9.59 Å². The van der Waals surface area contributed by atoms with Crippen molar-refractivity contribution in [1.29, 1.82) is 0 Å². The second-order valence-electron chi connectivity index (χ2n) is 8.15. The fourth-order valence-electron chi connectivity index (χ4n) is 3.16. The molecule has 7 nitrogen and oxygen atoms in total. The van der Waals surface area contributed by atoms with Crippen molar-refractivity contribution in [2.75, 3.05) is 13.2 Å². The Labute approximate surface area is 187 Å². The highest BCUT2D eigenvalue weighted by atomic mass is 16.5. The van der Waals surface area contributed by atoms with Gasteiger partial charge in [0.25, 0.3) is 0 Å². The second kappa shape index (κ2) is 20.6. The first-order valence-electron chi connectivity index (χ1n) is 11.9. The van der Waals surface area contributed by atoms with Crippen LogP contribution in [0.5, 0.6) is 0 Å². The molecule has 182 valence electrons. The molecule has 0 aromatic rings. The topological polar surface area (TPSA) is 124 Å². The van der Waals surface area contributed by atoms with Gasteiger partial charge >= 0.3 is 5.97 Å². The fraction of sp³-hybridized carbons (Fsp3) is 0.833. The number of allylic oxidation sites excluding steroid dienone is 2. The quantitative estimate of drug-likeness (QED) is 0.122. The van der Waals surface area contributed by atoms with Crippen molar-refractivity contribution in [2.24, 2.45) is 0 Å². The van der Waals surface area contributed by atoms with Crippen molar-refractivity contribution in [3.63, 3.8) is 0 Å². The lowest BCUT2D eigenvalue weighted by atomic mass is 10.1. The predicted octanol–water partition coefficient (Wildman–Crippen LogP) is 3.21. The molecule has 0 saturated heterocycles. The molecule has 0 aromatic carbocycles. The summed E-state index contributed by atoms with van der Waals surface area (Å²) in [7, 11) is 0. The maximum absolute atomic E-state index is 11.6. The van der Waals surface area contributed by atoms with E-state index >= 15 is 0 Å². The third-order valence-electron chi connectivity index (χ3n) is 5.25. The molecule has 0 unspecified atom stereocenters. The van der Waals surface area contributed by atoms with Crippen LogP contribution in [0.3, 0.4) is 0 Å². The van der Waals surface area contributed by atoms with Gasteiger partial charge in [-0.15, -0.1) is 0 Å². The van der Waals surface area contributed by atoms with Gasteiger partial charge in [0.05, 0.1) is 6.61 Å². The highest BCUT2D eigenvalue weighted by Gasteiger charge is 2.30. The summed E-state index contributed by atoms with van der Waals surface area (Å²) in [5.41, 5.74) is 0. The standard InChI is InChI=1S/C24H44O7/c1-2-3-4-5-6-7-8-9-10-11-12-13-14-15-16-17-22(28)31-19-21(27)24(30)23(29)20(26)18-25/h9-10,20,23-26,29-30H,2-8,11-19H2,1H3/b10-9-/t20-,23-,24-/m1/s1. The van der Waals surface area contributed by atoms with E-state index in [-0.39, 0.29) is 6.42 Å². The lowest BCUT2D eigenvalue weighted by molar-refractivity contribution is -0.155. The van der Waals surface area contributed by atoms with E-state index in [0.717, 1.165) is 32.1 Å². The van der Waals surface area contributed by atoms with Crippen molar-refractivity contribution >= 4 is 11.8 Å². The van der Waals surface area contributed by atoms with Gasteiger partial charge in [-0.1, -0.05) is 70.4 Å². The van der Waals surface area contributed by atoms with Crippen LogP contribution >= 0.6 is 0 Å². The first kappa shape index (κ1) is 29.7. The van der Waals surface area contributed by atoms with Crippen molar-refractivity contribution < 1.29 is 34.8 Å². The first-order chi connectivity index (χ1) is 14.9. The van der Waals surface area contributed by atoms with Gasteiger partial charge in [0, 0.05) is 6.42 Å². The van der Waals surface area contributed by atoms with Crippen LogP contribution in [0.4, 0.5) is 0 Å². The molecule has 0 aromatic heterocycles. The summed E-state index contributed by atoms with van der Waals surface area (Å²) >= 11 is 0.